The zero-order chi connectivity index (χ0) is 12.3. The van der Waals surface area contributed by atoms with Gasteiger partial charge in [0.15, 0.2) is 11.6 Å². The van der Waals surface area contributed by atoms with E-state index in [4.69, 9.17) is 4.42 Å². The van der Waals surface area contributed by atoms with Crippen LogP contribution in [0.3, 0.4) is 0 Å². The van der Waals surface area contributed by atoms with Gasteiger partial charge >= 0.3 is 0 Å². The number of halogens is 2. The van der Waals surface area contributed by atoms with Gasteiger partial charge in [-0.05, 0) is 36.8 Å². The van der Waals surface area contributed by atoms with Crippen molar-refractivity contribution in [2.45, 2.75) is 19.5 Å². The van der Waals surface area contributed by atoms with Crippen LogP contribution < -0.4 is 5.32 Å². The second-order valence-corrected chi connectivity index (χ2v) is 3.87. The molecule has 0 fully saturated rings. The average Bonchev–Trinajstić information content (AvgIpc) is 2.84. The summed E-state index contributed by atoms with van der Waals surface area (Å²) >= 11 is 0. The third kappa shape index (κ3) is 2.91. The van der Waals surface area contributed by atoms with Crippen molar-refractivity contribution in [3.05, 3.63) is 59.6 Å². The van der Waals surface area contributed by atoms with Crippen LogP contribution >= 0.6 is 0 Å². The van der Waals surface area contributed by atoms with E-state index in [1.54, 1.807) is 12.3 Å². The van der Waals surface area contributed by atoms with Crippen LogP contribution in [-0.2, 0) is 6.54 Å². The molecule has 4 heteroatoms. The van der Waals surface area contributed by atoms with Crippen LogP contribution in [0.25, 0.3) is 0 Å². The van der Waals surface area contributed by atoms with E-state index in [9.17, 15) is 8.78 Å². The predicted molar refractivity (Wildman–Crippen MR) is 60.3 cm³/mol. The van der Waals surface area contributed by atoms with E-state index in [1.807, 2.05) is 19.1 Å². The Hall–Kier alpha value is -1.68. The molecule has 1 heterocycles. The van der Waals surface area contributed by atoms with Crippen LogP contribution in [0.4, 0.5) is 8.78 Å². The second-order valence-electron chi connectivity index (χ2n) is 3.87. The van der Waals surface area contributed by atoms with Crippen molar-refractivity contribution in [2.24, 2.45) is 0 Å². The van der Waals surface area contributed by atoms with Gasteiger partial charge in [-0.2, -0.15) is 0 Å². The maximum absolute atomic E-state index is 13.0. The molecule has 0 saturated heterocycles. The second kappa shape index (κ2) is 5.10. The predicted octanol–water partition coefficient (Wildman–Crippen LogP) is 3.41. The van der Waals surface area contributed by atoms with Gasteiger partial charge in [0.1, 0.15) is 5.76 Å². The average molecular weight is 237 g/mol. The molecule has 1 aromatic heterocycles. The molecule has 2 aromatic rings. The minimum atomic E-state index is -0.826. The van der Waals surface area contributed by atoms with Crippen molar-refractivity contribution >= 4 is 0 Å². The molecule has 0 aliphatic rings. The molecule has 1 N–H and O–H groups in total. The number of hydrogen-bond acceptors (Lipinski definition) is 2. The highest BCUT2D eigenvalue weighted by Crippen LogP contribution is 2.14. The molecule has 0 aliphatic carbocycles. The molecule has 0 radical (unpaired) electrons. The quantitative estimate of drug-likeness (QED) is 0.881. The molecule has 90 valence electrons. The Morgan fingerprint density at radius 2 is 2.06 bits per heavy atom. The fourth-order valence-corrected chi connectivity index (χ4v) is 1.56. The van der Waals surface area contributed by atoms with Crippen molar-refractivity contribution in [1.29, 1.82) is 0 Å². The third-order valence-electron chi connectivity index (χ3n) is 2.57. The van der Waals surface area contributed by atoms with Gasteiger partial charge in [-0.25, -0.2) is 8.78 Å². The number of furan rings is 1. The van der Waals surface area contributed by atoms with Gasteiger partial charge in [-0.1, -0.05) is 6.07 Å². The maximum atomic E-state index is 13.0. The van der Waals surface area contributed by atoms with Crippen LogP contribution in [0, 0.1) is 11.6 Å². The smallest absolute Gasteiger partial charge is 0.159 e. The molecule has 2 rings (SSSR count). The van der Waals surface area contributed by atoms with E-state index < -0.39 is 11.6 Å². The van der Waals surface area contributed by atoms with Crippen LogP contribution in [0.15, 0.2) is 41.0 Å². The summed E-state index contributed by atoms with van der Waals surface area (Å²) in [5.41, 5.74) is 0.697. The first kappa shape index (κ1) is 11.8. The lowest BCUT2D eigenvalue weighted by Gasteiger charge is -2.11. The molecule has 17 heavy (non-hydrogen) atoms. The summed E-state index contributed by atoms with van der Waals surface area (Å²) in [6, 6.07) is 7.58. The van der Waals surface area contributed by atoms with Gasteiger partial charge in [-0.15, -0.1) is 0 Å². The van der Waals surface area contributed by atoms with Crippen LogP contribution in [-0.4, -0.2) is 0 Å². The molecule has 0 bridgehead atoms. The highest BCUT2D eigenvalue weighted by molar-refractivity contribution is 5.18. The van der Waals surface area contributed by atoms with Crippen molar-refractivity contribution in [2.75, 3.05) is 0 Å². The normalized spacial score (nSPS) is 12.6. The van der Waals surface area contributed by atoms with E-state index in [1.165, 1.54) is 6.07 Å². The minimum Gasteiger partial charge on any atom is -0.468 e. The lowest BCUT2D eigenvalue weighted by molar-refractivity contribution is 0.429. The van der Waals surface area contributed by atoms with Crippen molar-refractivity contribution in [1.82, 2.24) is 5.32 Å². The molecule has 0 unspecified atom stereocenters. The first-order valence-corrected chi connectivity index (χ1v) is 5.37. The van der Waals surface area contributed by atoms with Gasteiger partial charge in [0.25, 0.3) is 0 Å². The fourth-order valence-electron chi connectivity index (χ4n) is 1.56. The van der Waals surface area contributed by atoms with E-state index >= 15 is 0 Å². The Labute approximate surface area is 98.3 Å². The van der Waals surface area contributed by atoms with Crippen molar-refractivity contribution in [3.8, 4) is 0 Å². The van der Waals surface area contributed by atoms with Gasteiger partial charge in [0.05, 0.1) is 12.3 Å². The molecule has 0 saturated carbocycles. The standard InChI is InChI=1S/C13H13F2NO/c1-9(13-3-2-6-17-13)16-8-10-4-5-11(14)12(15)7-10/h2-7,9,16H,8H2,1H3/t9-/m1/s1. The lowest BCUT2D eigenvalue weighted by Crippen LogP contribution is -2.17. The number of benzene rings is 1. The van der Waals surface area contributed by atoms with Gasteiger partial charge < -0.3 is 9.73 Å². The molecular weight excluding hydrogens is 224 g/mol. The largest absolute Gasteiger partial charge is 0.468 e. The van der Waals surface area contributed by atoms with E-state index in [2.05, 4.69) is 5.32 Å². The maximum Gasteiger partial charge on any atom is 0.159 e. The molecule has 0 spiro atoms. The summed E-state index contributed by atoms with van der Waals surface area (Å²) in [5, 5.41) is 3.17. The Balaban J connectivity index is 1.96. The lowest BCUT2D eigenvalue weighted by atomic mass is 10.2. The number of nitrogens with one attached hydrogen (secondary N) is 1. The Kier molecular flexibility index (Phi) is 3.54. The molecule has 0 aliphatic heterocycles. The Morgan fingerprint density at radius 1 is 1.24 bits per heavy atom. The summed E-state index contributed by atoms with van der Waals surface area (Å²) in [6.45, 7) is 2.40. The van der Waals surface area contributed by atoms with E-state index in [0.717, 1.165) is 11.8 Å². The Morgan fingerprint density at radius 3 is 2.71 bits per heavy atom. The molecular formula is C13H13F2NO. The van der Waals surface area contributed by atoms with E-state index in [0.29, 0.717) is 12.1 Å². The molecule has 1 aromatic carbocycles. The zero-order valence-corrected chi connectivity index (χ0v) is 9.41. The summed E-state index contributed by atoms with van der Waals surface area (Å²) in [6.07, 6.45) is 1.60. The first-order valence-electron chi connectivity index (χ1n) is 5.37. The highest BCUT2D eigenvalue weighted by Gasteiger charge is 2.08. The summed E-state index contributed by atoms with van der Waals surface area (Å²) < 4.78 is 30.9. The zero-order valence-electron chi connectivity index (χ0n) is 9.41. The summed E-state index contributed by atoms with van der Waals surface area (Å²) in [4.78, 5) is 0. The van der Waals surface area contributed by atoms with Gasteiger partial charge in [0, 0.05) is 6.54 Å². The van der Waals surface area contributed by atoms with Crippen molar-refractivity contribution in [3.63, 3.8) is 0 Å². The fraction of sp³-hybridized carbons (Fsp3) is 0.231. The van der Waals surface area contributed by atoms with E-state index in [-0.39, 0.29) is 6.04 Å². The van der Waals surface area contributed by atoms with Crippen LogP contribution in [0.1, 0.15) is 24.3 Å². The van der Waals surface area contributed by atoms with Gasteiger partial charge in [-0.3, -0.25) is 0 Å². The molecule has 2 nitrogen and oxygen atoms in total. The number of rotatable bonds is 4. The van der Waals surface area contributed by atoms with Crippen LogP contribution in [0.2, 0.25) is 0 Å². The van der Waals surface area contributed by atoms with Gasteiger partial charge in [0.2, 0.25) is 0 Å². The minimum absolute atomic E-state index is 0.0260. The third-order valence-corrected chi connectivity index (χ3v) is 2.57. The summed E-state index contributed by atoms with van der Waals surface area (Å²) in [5.74, 6) is -0.838. The topological polar surface area (TPSA) is 25.2 Å². The Bertz CT molecular complexity index is 482. The molecule has 0 amide bonds. The summed E-state index contributed by atoms with van der Waals surface area (Å²) in [7, 11) is 0. The SMILES string of the molecule is C[C@@H](NCc1ccc(F)c(F)c1)c1ccco1. The first-order chi connectivity index (χ1) is 8.16. The number of hydrogen-bond donors (Lipinski definition) is 1. The monoisotopic (exact) mass is 237 g/mol. The van der Waals surface area contributed by atoms with Crippen molar-refractivity contribution < 1.29 is 13.2 Å². The van der Waals surface area contributed by atoms with Crippen LogP contribution in [0.5, 0.6) is 0 Å². The highest BCUT2D eigenvalue weighted by atomic mass is 19.2. The molecule has 1 atom stereocenters.